The molecular weight excluding hydrogens is 300 g/mol. The molecule has 0 aromatic heterocycles. The Morgan fingerprint density at radius 2 is 2.09 bits per heavy atom. The minimum atomic E-state index is -0.493. The van der Waals surface area contributed by atoms with Crippen LogP contribution < -0.4 is 4.90 Å². The van der Waals surface area contributed by atoms with E-state index in [1.165, 1.54) is 11.3 Å². The van der Waals surface area contributed by atoms with Crippen molar-refractivity contribution in [2.45, 2.75) is 13.0 Å². The normalized spacial score (nSPS) is 17.3. The first kappa shape index (κ1) is 17.1. The van der Waals surface area contributed by atoms with Crippen LogP contribution in [-0.4, -0.2) is 62.0 Å². The molecule has 22 heavy (non-hydrogen) atoms. The quantitative estimate of drug-likeness (QED) is 0.640. The summed E-state index contributed by atoms with van der Waals surface area (Å²) in [5.41, 5.74) is 2.44. The highest BCUT2D eigenvalue weighted by molar-refractivity contribution is 6.30. The van der Waals surface area contributed by atoms with Crippen molar-refractivity contribution in [1.82, 2.24) is 4.90 Å². The van der Waals surface area contributed by atoms with E-state index < -0.39 is 6.10 Å². The number of ether oxygens (including phenoxy) is 1. The lowest BCUT2D eigenvalue weighted by atomic mass is 10.1. The number of hydrogen-bond donors (Lipinski definition) is 1. The lowest BCUT2D eigenvalue weighted by molar-refractivity contribution is 0.0267. The number of rotatable bonds is 6. The molecule has 5 heteroatoms. The minimum absolute atomic E-state index is 0.249. The molecule has 1 saturated heterocycles. The van der Waals surface area contributed by atoms with Crippen LogP contribution in [0, 0.1) is 19.3 Å². The van der Waals surface area contributed by atoms with Crippen LogP contribution >= 0.6 is 11.6 Å². The first-order chi connectivity index (χ1) is 10.6. The predicted molar refractivity (Wildman–Crippen MR) is 90.5 cm³/mol. The van der Waals surface area contributed by atoms with Gasteiger partial charge in [0, 0.05) is 43.4 Å². The van der Waals surface area contributed by atoms with E-state index in [1.54, 1.807) is 0 Å². The SMILES string of the molecule is C#CCOC[C@H](O)CN1CCN(c2cc(Cl)ccc2C)CC1. The van der Waals surface area contributed by atoms with Crippen LogP contribution in [0.25, 0.3) is 0 Å². The van der Waals surface area contributed by atoms with Gasteiger partial charge in [0.25, 0.3) is 0 Å². The Hall–Kier alpha value is -1.25. The summed E-state index contributed by atoms with van der Waals surface area (Å²) < 4.78 is 5.17. The number of aliphatic hydroxyl groups excluding tert-OH is 1. The lowest BCUT2D eigenvalue weighted by Gasteiger charge is -2.37. The molecule has 2 rings (SSSR count). The van der Waals surface area contributed by atoms with Gasteiger partial charge in [0.05, 0.1) is 12.7 Å². The second-order valence-corrected chi connectivity index (χ2v) is 6.03. The molecule has 0 spiro atoms. The fraction of sp³-hybridized carbons (Fsp3) is 0.529. The van der Waals surface area contributed by atoms with Gasteiger partial charge in [-0.15, -0.1) is 6.42 Å². The number of benzene rings is 1. The van der Waals surface area contributed by atoms with Gasteiger partial charge in [-0.25, -0.2) is 0 Å². The minimum Gasteiger partial charge on any atom is -0.389 e. The number of hydrogen-bond acceptors (Lipinski definition) is 4. The number of nitrogens with zero attached hydrogens (tertiary/aromatic N) is 2. The number of piperazine rings is 1. The van der Waals surface area contributed by atoms with Gasteiger partial charge in [0.2, 0.25) is 0 Å². The number of aliphatic hydroxyl groups is 1. The van der Waals surface area contributed by atoms with Crippen molar-refractivity contribution in [1.29, 1.82) is 0 Å². The Morgan fingerprint density at radius 3 is 2.77 bits per heavy atom. The molecule has 0 unspecified atom stereocenters. The van der Waals surface area contributed by atoms with Gasteiger partial charge in [0.1, 0.15) is 6.61 Å². The molecule has 1 atom stereocenters. The van der Waals surface area contributed by atoms with E-state index in [9.17, 15) is 5.11 Å². The maximum absolute atomic E-state index is 9.93. The van der Waals surface area contributed by atoms with Crippen LogP contribution in [0.1, 0.15) is 5.56 Å². The number of halogens is 1. The molecule has 1 N–H and O–H groups in total. The van der Waals surface area contributed by atoms with Crippen molar-refractivity contribution in [2.75, 3.05) is 50.8 Å². The summed E-state index contributed by atoms with van der Waals surface area (Å²) in [5.74, 6) is 2.40. The van der Waals surface area contributed by atoms with Crippen molar-refractivity contribution >= 4 is 17.3 Å². The fourth-order valence-corrected chi connectivity index (χ4v) is 2.87. The van der Waals surface area contributed by atoms with Gasteiger partial charge in [-0.1, -0.05) is 23.6 Å². The average Bonchev–Trinajstić information content (AvgIpc) is 2.51. The Labute approximate surface area is 137 Å². The van der Waals surface area contributed by atoms with Crippen LogP contribution in [0.3, 0.4) is 0 Å². The zero-order valence-electron chi connectivity index (χ0n) is 13.0. The van der Waals surface area contributed by atoms with E-state index >= 15 is 0 Å². The topological polar surface area (TPSA) is 35.9 Å². The van der Waals surface area contributed by atoms with Crippen LogP contribution in [-0.2, 0) is 4.74 Å². The molecule has 0 radical (unpaired) electrons. The summed E-state index contributed by atoms with van der Waals surface area (Å²) in [6.07, 6.45) is 4.62. The zero-order valence-corrected chi connectivity index (χ0v) is 13.7. The molecule has 1 fully saturated rings. The van der Waals surface area contributed by atoms with Gasteiger partial charge in [-0.2, -0.15) is 0 Å². The molecule has 1 aliphatic heterocycles. The second kappa shape index (κ2) is 8.40. The summed E-state index contributed by atoms with van der Waals surface area (Å²) in [5, 5.41) is 10.7. The number of anilines is 1. The number of terminal acetylenes is 1. The highest BCUT2D eigenvalue weighted by Crippen LogP contribution is 2.25. The fourth-order valence-electron chi connectivity index (χ4n) is 2.70. The van der Waals surface area contributed by atoms with Gasteiger partial charge in [0.15, 0.2) is 0 Å². The molecule has 1 heterocycles. The van der Waals surface area contributed by atoms with E-state index in [4.69, 9.17) is 22.8 Å². The first-order valence-electron chi connectivity index (χ1n) is 7.53. The predicted octanol–water partition coefficient (Wildman–Crippen LogP) is 1.78. The van der Waals surface area contributed by atoms with Gasteiger partial charge >= 0.3 is 0 Å². The molecule has 4 nitrogen and oxygen atoms in total. The first-order valence-corrected chi connectivity index (χ1v) is 7.90. The Bertz CT molecular complexity index is 522. The zero-order chi connectivity index (χ0) is 15.9. The number of aryl methyl sites for hydroxylation is 1. The van der Waals surface area contributed by atoms with E-state index in [-0.39, 0.29) is 13.2 Å². The third kappa shape index (κ3) is 4.89. The van der Waals surface area contributed by atoms with Crippen molar-refractivity contribution < 1.29 is 9.84 Å². The van der Waals surface area contributed by atoms with Crippen LogP contribution in [0.4, 0.5) is 5.69 Å². The maximum Gasteiger partial charge on any atom is 0.107 e. The highest BCUT2D eigenvalue weighted by atomic mass is 35.5. The maximum atomic E-state index is 9.93. The van der Waals surface area contributed by atoms with Gasteiger partial charge in [-0.05, 0) is 24.6 Å². The summed E-state index contributed by atoms with van der Waals surface area (Å²) in [7, 11) is 0. The summed E-state index contributed by atoms with van der Waals surface area (Å²) in [6, 6.07) is 5.99. The molecule has 1 aromatic rings. The Balaban J connectivity index is 1.80. The van der Waals surface area contributed by atoms with Crippen LogP contribution in [0.2, 0.25) is 5.02 Å². The standard InChI is InChI=1S/C17H23ClN2O2/c1-3-10-22-13-16(21)12-19-6-8-20(9-7-19)17-11-15(18)5-4-14(17)2/h1,4-5,11,16,21H,6-10,12-13H2,2H3/t16-/m1/s1. The van der Waals surface area contributed by atoms with E-state index in [2.05, 4.69) is 28.7 Å². The van der Waals surface area contributed by atoms with Crippen LogP contribution in [0.5, 0.6) is 0 Å². The summed E-state index contributed by atoms with van der Waals surface area (Å²) >= 11 is 6.10. The average molecular weight is 323 g/mol. The second-order valence-electron chi connectivity index (χ2n) is 5.59. The van der Waals surface area contributed by atoms with E-state index in [0.29, 0.717) is 6.54 Å². The Morgan fingerprint density at radius 1 is 1.36 bits per heavy atom. The Kier molecular flexibility index (Phi) is 6.53. The lowest BCUT2D eigenvalue weighted by Crippen LogP contribution is -2.49. The molecule has 0 bridgehead atoms. The molecule has 120 valence electrons. The molecule has 0 aliphatic carbocycles. The summed E-state index contributed by atoms with van der Waals surface area (Å²) in [6.45, 7) is 6.95. The largest absolute Gasteiger partial charge is 0.389 e. The number of β-amino-alcohol motifs (C(OH)–C–C–N with tert-alkyl or cyclic N) is 1. The molecule has 0 amide bonds. The van der Waals surface area contributed by atoms with Crippen molar-refractivity contribution in [3.63, 3.8) is 0 Å². The van der Waals surface area contributed by atoms with Gasteiger partial charge < -0.3 is 14.7 Å². The third-order valence-electron chi connectivity index (χ3n) is 3.85. The van der Waals surface area contributed by atoms with Crippen molar-refractivity contribution in [3.05, 3.63) is 28.8 Å². The summed E-state index contributed by atoms with van der Waals surface area (Å²) in [4.78, 5) is 4.60. The van der Waals surface area contributed by atoms with E-state index in [0.717, 1.165) is 31.2 Å². The highest BCUT2D eigenvalue weighted by Gasteiger charge is 2.20. The molecule has 0 saturated carbocycles. The molecular formula is C17H23ClN2O2. The molecule has 1 aromatic carbocycles. The van der Waals surface area contributed by atoms with Crippen LogP contribution in [0.15, 0.2) is 18.2 Å². The molecule has 1 aliphatic rings. The van der Waals surface area contributed by atoms with Gasteiger partial charge in [-0.3, -0.25) is 4.90 Å². The van der Waals surface area contributed by atoms with Crippen molar-refractivity contribution in [2.24, 2.45) is 0 Å². The smallest absolute Gasteiger partial charge is 0.107 e. The van der Waals surface area contributed by atoms with E-state index in [1.807, 2.05) is 12.1 Å². The monoisotopic (exact) mass is 322 g/mol. The van der Waals surface area contributed by atoms with Crippen molar-refractivity contribution in [3.8, 4) is 12.3 Å². The third-order valence-corrected chi connectivity index (χ3v) is 4.08.